The zero-order chi connectivity index (χ0) is 19.8. The van der Waals surface area contributed by atoms with Crippen LogP contribution in [0.15, 0.2) is 66.2 Å². The fourth-order valence-electron chi connectivity index (χ4n) is 2.89. The van der Waals surface area contributed by atoms with Crippen molar-refractivity contribution >= 4 is 5.96 Å². The predicted molar refractivity (Wildman–Crippen MR) is 110 cm³/mol. The normalized spacial score (nSPS) is 11.2. The molecule has 0 unspecified atom stereocenters. The second kappa shape index (κ2) is 9.45. The Morgan fingerprint density at radius 1 is 1.04 bits per heavy atom. The molecular formula is C21H25N5O2. The monoisotopic (exact) mass is 379 g/mol. The van der Waals surface area contributed by atoms with Gasteiger partial charge in [-0.25, -0.2) is 4.98 Å². The van der Waals surface area contributed by atoms with Crippen molar-refractivity contribution in [2.75, 3.05) is 21.3 Å². The Labute approximate surface area is 165 Å². The van der Waals surface area contributed by atoms with Crippen molar-refractivity contribution in [1.82, 2.24) is 20.2 Å². The van der Waals surface area contributed by atoms with Crippen LogP contribution in [0.3, 0.4) is 0 Å². The molecule has 0 aliphatic rings. The number of para-hydroxylation sites is 1. The number of imidazole rings is 1. The number of hydrogen-bond acceptors (Lipinski definition) is 4. The molecule has 1 aromatic heterocycles. The van der Waals surface area contributed by atoms with Gasteiger partial charge in [-0.2, -0.15) is 0 Å². The molecule has 7 heteroatoms. The summed E-state index contributed by atoms with van der Waals surface area (Å²) in [5.41, 5.74) is 3.30. The van der Waals surface area contributed by atoms with Crippen molar-refractivity contribution in [2.24, 2.45) is 4.99 Å². The van der Waals surface area contributed by atoms with Gasteiger partial charge in [0.25, 0.3) is 0 Å². The minimum atomic E-state index is 0.614. The van der Waals surface area contributed by atoms with Gasteiger partial charge in [0, 0.05) is 32.5 Å². The quantitative estimate of drug-likeness (QED) is 0.488. The van der Waals surface area contributed by atoms with E-state index in [1.54, 1.807) is 33.8 Å². The molecule has 0 bridgehead atoms. The maximum atomic E-state index is 5.36. The summed E-state index contributed by atoms with van der Waals surface area (Å²) in [5, 5.41) is 6.68. The third-order valence-corrected chi connectivity index (χ3v) is 4.35. The maximum absolute atomic E-state index is 5.36. The molecule has 3 rings (SSSR count). The Morgan fingerprint density at radius 3 is 2.54 bits per heavy atom. The van der Waals surface area contributed by atoms with E-state index in [-0.39, 0.29) is 0 Å². The lowest BCUT2D eigenvalue weighted by atomic mass is 10.1. The van der Waals surface area contributed by atoms with Gasteiger partial charge < -0.3 is 24.7 Å². The number of aliphatic imine (C=N–C) groups is 1. The number of benzene rings is 2. The van der Waals surface area contributed by atoms with Crippen molar-refractivity contribution in [1.29, 1.82) is 0 Å². The van der Waals surface area contributed by atoms with Crippen LogP contribution in [-0.4, -0.2) is 36.8 Å². The molecule has 2 aromatic carbocycles. The first-order valence-corrected chi connectivity index (χ1v) is 8.96. The van der Waals surface area contributed by atoms with E-state index in [1.165, 1.54) is 0 Å². The lowest BCUT2D eigenvalue weighted by Gasteiger charge is -2.15. The molecule has 0 spiro atoms. The molecule has 0 saturated heterocycles. The third kappa shape index (κ3) is 4.62. The molecule has 3 aromatic rings. The molecule has 0 aliphatic carbocycles. The number of guanidine groups is 1. The lowest BCUT2D eigenvalue weighted by molar-refractivity contribution is 0.354. The van der Waals surface area contributed by atoms with Gasteiger partial charge in [-0.15, -0.1) is 0 Å². The Morgan fingerprint density at radius 2 is 1.82 bits per heavy atom. The molecule has 1 heterocycles. The molecule has 0 saturated carbocycles. The highest BCUT2D eigenvalue weighted by molar-refractivity contribution is 5.79. The van der Waals surface area contributed by atoms with Gasteiger partial charge >= 0.3 is 0 Å². The minimum absolute atomic E-state index is 0.614. The predicted octanol–water partition coefficient (Wildman–Crippen LogP) is 2.75. The van der Waals surface area contributed by atoms with E-state index in [4.69, 9.17) is 9.47 Å². The van der Waals surface area contributed by atoms with Crippen molar-refractivity contribution < 1.29 is 9.47 Å². The molecule has 0 radical (unpaired) electrons. The van der Waals surface area contributed by atoms with Gasteiger partial charge in [0.1, 0.15) is 0 Å². The number of nitrogens with zero attached hydrogens (tertiary/aromatic N) is 3. The smallest absolute Gasteiger partial charge is 0.191 e. The Balaban J connectivity index is 1.62. The number of rotatable bonds is 7. The zero-order valence-electron chi connectivity index (χ0n) is 16.3. The van der Waals surface area contributed by atoms with E-state index in [1.807, 2.05) is 41.1 Å². The highest BCUT2D eigenvalue weighted by atomic mass is 16.5. The zero-order valence-corrected chi connectivity index (χ0v) is 16.3. The highest BCUT2D eigenvalue weighted by Gasteiger charge is 2.07. The summed E-state index contributed by atoms with van der Waals surface area (Å²) in [7, 11) is 5.02. The van der Waals surface area contributed by atoms with Gasteiger partial charge in [-0.3, -0.25) is 4.99 Å². The van der Waals surface area contributed by atoms with E-state index in [0.29, 0.717) is 24.6 Å². The van der Waals surface area contributed by atoms with E-state index < -0.39 is 0 Å². The van der Waals surface area contributed by atoms with Gasteiger partial charge in [0.05, 0.1) is 26.2 Å². The summed E-state index contributed by atoms with van der Waals surface area (Å²) in [4.78, 5) is 8.43. The average molecular weight is 379 g/mol. The Hall–Kier alpha value is -3.48. The Kier molecular flexibility index (Phi) is 6.51. The van der Waals surface area contributed by atoms with Gasteiger partial charge in [-0.05, 0) is 29.3 Å². The van der Waals surface area contributed by atoms with E-state index >= 15 is 0 Å². The van der Waals surface area contributed by atoms with Crippen LogP contribution in [0.25, 0.3) is 5.69 Å². The summed E-state index contributed by atoms with van der Waals surface area (Å²) < 4.78 is 12.6. The number of ether oxygens (including phenoxy) is 2. The molecule has 28 heavy (non-hydrogen) atoms. The summed E-state index contributed by atoms with van der Waals surface area (Å²) in [6.07, 6.45) is 5.50. The van der Waals surface area contributed by atoms with Crippen LogP contribution in [0.4, 0.5) is 0 Å². The molecule has 146 valence electrons. The molecule has 0 fully saturated rings. The third-order valence-electron chi connectivity index (χ3n) is 4.35. The second-order valence-electron chi connectivity index (χ2n) is 6.07. The first-order chi connectivity index (χ1) is 13.7. The van der Waals surface area contributed by atoms with Gasteiger partial charge in [-0.1, -0.05) is 24.3 Å². The Bertz CT molecular complexity index is 922. The molecule has 0 aliphatic heterocycles. The van der Waals surface area contributed by atoms with Crippen LogP contribution in [0.1, 0.15) is 11.1 Å². The highest BCUT2D eigenvalue weighted by Crippen LogP contribution is 2.27. The van der Waals surface area contributed by atoms with Crippen LogP contribution < -0.4 is 20.1 Å². The maximum Gasteiger partial charge on any atom is 0.191 e. The first kappa shape index (κ1) is 19.3. The topological polar surface area (TPSA) is 72.7 Å². The van der Waals surface area contributed by atoms with Crippen LogP contribution in [0, 0.1) is 0 Å². The van der Waals surface area contributed by atoms with Crippen molar-refractivity contribution in [2.45, 2.75) is 13.1 Å². The van der Waals surface area contributed by atoms with Crippen LogP contribution >= 0.6 is 0 Å². The summed E-state index contributed by atoms with van der Waals surface area (Å²) in [5.74, 6) is 2.14. The summed E-state index contributed by atoms with van der Waals surface area (Å²) in [6.45, 7) is 1.25. The van der Waals surface area contributed by atoms with E-state index in [9.17, 15) is 0 Å². The van der Waals surface area contributed by atoms with Gasteiger partial charge in [0.15, 0.2) is 17.5 Å². The van der Waals surface area contributed by atoms with Crippen LogP contribution in [0.2, 0.25) is 0 Å². The van der Waals surface area contributed by atoms with Crippen molar-refractivity contribution in [3.63, 3.8) is 0 Å². The van der Waals surface area contributed by atoms with E-state index in [0.717, 1.165) is 22.8 Å². The fourth-order valence-corrected chi connectivity index (χ4v) is 2.89. The molecule has 2 N–H and O–H groups in total. The molecular weight excluding hydrogens is 354 g/mol. The second-order valence-corrected chi connectivity index (χ2v) is 6.07. The lowest BCUT2D eigenvalue weighted by Crippen LogP contribution is -2.36. The number of methoxy groups -OCH3 is 2. The van der Waals surface area contributed by atoms with Crippen LogP contribution in [0.5, 0.6) is 11.5 Å². The number of hydrogen-bond donors (Lipinski definition) is 2. The standard InChI is InChI=1S/C21H25N5O2/c1-22-21(24-13-16-8-9-19(27-2)20(12-16)28-3)25-14-17-6-4-5-7-18(17)26-11-10-23-15-26/h4-12,15H,13-14H2,1-3H3,(H2,22,24,25). The number of aromatic nitrogens is 2. The first-order valence-electron chi connectivity index (χ1n) is 8.96. The van der Waals surface area contributed by atoms with Gasteiger partial charge in [0.2, 0.25) is 0 Å². The van der Waals surface area contributed by atoms with Crippen LogP contribution in [-0.2, 0) is 13.1 Å². The largest absolute Gasteiger partial charge is 0.493 e. The fraction of sp³-hybridized carbons (Fsp3) is 0.238. The SMILES string of the molecule is CN=C(NCc1ccc(OC)c(OC)c1)NCc1ccccc1-n1ccnc1. The molecule has 0 atom stereocenters. The molecule has 7 nitrogen and oxygen atoms in total. The van der Waals surface area contributed by atoms with Crippen molar-refractivity contribution in [3.8, 4) is 17.2 Å². The number of nitrogens with one attached hydrogen (secondary N) is 2. The summed E-state index contributed by atoms with van der Waals surface area (Å²) in [6, 6.07) is 14.0. The molecule has 0 amide bonds. The van der Waals surface area contributed by atoms with Crippen molar-refractivity contribution in [3.05, 3.63) is 72.3 Å². The van der Waals surface area contributed by atoms with E-state index in [2.05, 4.69) is 32.7 Å². The minimum Gasteiger partial charge on any atom is -0.493 e. The summed E-state index contributed by atoms with van der Waals surface area (Å²) >= 11 is 0. The average Bonchev–Trinajstić information content (AvgIpc) is 3.28.